The molecule has 0 spiro atoms. The predicted octanol–water partition coefficient (Wildman–Crippen LogP) is 3.30. The molecule has 0 fully saturated rings. The Bertz CT molecular complexity index is 529. The quantitative estimate of drug-likeness (QED) is 0.755. The zero-order chi connectivity index (χ0) is 12.3. The van der Waals surface area contributed by atoms with E-state index in [1.54, 1.807) is 18.3 Å². The molecule has 0 N–H and O–H groups in total. The van der Waals surface area contributed by atoms with Gasteiger partial charge in [0.25, 0.3) is 0 Å². The second kappa shape index (κ2) is 4.78. The van der Waals surface area contributed by atoms with E-state index in [2.05, 4.69) is 11.1 Å². The van der Waals surface area contributed by atoms with Gasteiger partial charge in [-0.2, -0.15) is 0 Å². The Balaban J connectivity index is 2.34. The third-order valence-corrected chi connectivity index (χ3v) is 2.34. The standard InChI is InChI=1S/C14H13NO2/c1-10-6-11(2)8-13(7-10)17-14-12(9-16)4-3-5-15-14/h3-9H,1-2H3. The maximum atomic E-state index is 10.8. The number of rotatable bonds is 3. The van der Waals surface area contributed by atoms with Gasteiger partial charge in [-0.25, -0.2) is 4.98 Å². The SMILES string of the molecule is Cc1cc(C)cc(Oc2ncccc2C=O)c1. The van der Waals surface area contributed by atoms with Gasteiger partial charge in [0.15, 0.2) is 6.29 Å². The van der Waals surface area contributed by atoms with Crippen LogP contribution in [-0.4, -0.2) is 11.3 Å². The highest BCUT2D eigenvalue weighted by atomic mass is 16.5. The second-order valence-electron chi connectivity index (χ2n) is 3.94. The van der Waals surface area contributed by atoms with Gasteiger partial charge in [0.2, 0.25) is 5.88 Å². The van der Waals surface area contributed by atoms with Crippen LogP contribution in [0.25, 0.3) is 0 Å². The fourth-order valence-electron chi connectivity index (χ4n) is 1.68. The van der Waals surface area contributed by atoms with Crippen LogP contribution in [0.15, 0.2) is 36.5 Å². The van der Waals surface area contributed by atoms with Gasteiger partial charge in [0.05, 0.1) is 5.56 Å². The van der Waals surface area contributed by atoms with E-state index in [9.17, 15) is 4.79 Å². The fourth-order valence-corrected chi connectivity index (χ4v) is 1.68. The van der Waals surface area contributed by atoms with Gasteiger partial charge in [-0.05, 0) is 49.2 Å². The molecule has 0 amide bonds. The highest BCUT2D eigenvalue weighted by Crippen LogP contribution is 2.23. The molecule has 2 aromatic rings. The number of hydrogen-bond donors (Lipinski definition) is 0. The first-order chi connectivity index (χ1) is 8.19. The summed E-state index contributed by atoms with van der Waals surface area (Å²) in [6.07, 6.45) is 2.34. The third-order valence-electron chi connectivity index (χ3n) is 2.34. The van der Waals surface area contributed by atoms with Crippen LogP contribution in [0.5, 0.6) is 11.6 Å². The average molecular weight is 227 g/mol. The molecular formula is C14H13NO2. The molecule has 0 radical (unpaired) electrons. The number of hydrogen-bond acceptors (Lipinski definition) is 3. The lowest BCUT2D eigenvalue weighted by molar-refractivity contribution is 0.112. The van der Waals surface area contributed by atoms with Crippen molar-refractivity contribution in [1.29, 1.82) is 0 Å². The van der Waals surface area contributed by atoms with Crippen LogP contribution in [0.3, 0.4) is 0 Å². The first kappa shape index (κ1) is 11.3. The van der Waals surface area contributed by atoms with Crippen molar-refractivity contribution in [2.45, 2.75) is 13.8 Å². The number of aromatic nitrogens is 1. The summed E-state index contributed by atoms with van der Waals surface area (Å²) in [5.74, 6) is 1.04. The maximum Gasteiger partial charge on any atom is 0.229 e. The first-order valence-electron chi connectivity index (χ1n) is 5.35. The Morgan fingerprint density at radius 3 is 2.53 bits per heavy atom. The van der Waals surface area contributed by atoms with Crippen molar-refractivity contribution in [3.05, 3.63) is 53.2 Å². The number of nitrogens with zero attached hydrogens (tertiary/aromatic N) is 1. The average Bonchev–Trinajstić information content (AvgIpc) is 2.28. The second-order valence-corrected chi connectivity index (χ2v) is 3.94. The Morgan fingerprint density at radius 2 is 1.88 bits per heavy atom. The number of aldehydes is 1. The van der Waals surface area contributed by atoms with E-state index in [0.717, 1.165) is 17.4 Å². The van der Waals surface area contributed by atoms with Crippen molar-refractivity contribution in [2.24, 2.45) is 0 Å². The van der Waals surface area contributed by atoms with Crippen molar-refractivity contribution < 1.29 is 9.53 Å². The minimum Gasteiger partial charge on any atom is -0.438 e. The molecule has 0 saturated carbocycles. The molecular weight excluding hydrogens is 214 g/mol. The van der Waals surface area contributed by atoms with Crippen molar-refractivity contribution in [3.63, 3.8) is 0 Å². The van der Waals surface area contributed by atoms with Crippen molar-refractivity contribution >= 4 is 6.29 Å². The van der Waals surface area contributed by atoms with Gasteiger partial charge >= 0.3 is 0 Å². The number of pyridine rings is 1. The van der Waals surface area contributed by atoms with Crippen LogP contribution in [-0.2, 0) is 0 Å². The zero-order valence-electron chi connectivity index (χ0n) is 9.81. The number of ether oxygens (including phenoxy) is 1. The molecule has 86 valence electrons. The summed E-state index contributed by atoms with van der Waals surface area (Å²) < 4.78 is 5.62. The molecule has 0 aliphatic carbocycles. The molecule has 0 aliphatic rings. The van der Waals surface area contributed by atoms with Crippen LogP contribution in [0, 0.1) is 13.8 Å². The lowest BCUT2D eigenvalue weighted by Gasteiger charge is -2.08. The summed E-state index contributed by atoms with van der Waals surface area (Å²) in [5.41, 5.74) is 2.68. The molecule has 0 saturated heterocycles. The van der Waals surface area contributed by atoms with Crippen LogP contribution in [0.1, 0.15) is 21.5 Å². The van der Waals surface area contributed by atoms with Crippen molar-refractivity contribution in [3.8, 4) is 11.6 Å². The summed E-state index contributed by atoms with van der Waals surface area (Å²) >= 11 is 0. The van der Waals surface area contributed by atoms with E-state index in [1.807, 2.05) is 26.0 Å². The minimum atomic E-state index is 0.340. The van der Waals surface area contributed by atoms with E-state index >= 15 is 0 Å². The van der Waals surface area contributed by atoms with E-state index in [4.69, 9.17) is 4.74 Å². The Labute approximate surface area is 100 Å². The smallest absolute Gasteiger partial charge is 0.229 e. The Hall–Kier alpha value is -2.16. The van der Waals surface area contributed by atoms with E-state index in [0.29, 0.717) is 17.2 Å². The topological polar surface area (TPSA) is 39.2 Å². The lowest BCUT2D eigenvalue weighted by atomic mass is 10.1. The monoisotopic (exact) mass is 227 g/mol. The number of aryl methyl sites for hydroxylation is 2. The summed E-state index contributed by atoms with van der Waals surface area (Å²) in [5, 5.41) is 0. The van der Waals surface area contributed by atoms with Gasteiger partial charge in [-0.15, -0.1) is 0 Å². The molecule has 3 heteroatoms. The molecule has 0 unspecified atom stereocenters. The zero-order valence-corrected chi connectivity index (χ0v) is 9.81. The van der Waals surface area contributed by atoms with Gasteiger partial charge in [0.1, 0.15) is 5.75 Å². The van der Waals surface area contributed by atoms with Crippen molar-refractivity contribution in [2.75, 3.05) is 0 Å². The molecule has 0 aliphatic heterocycles. The summed E-state index contributed by atoms with van der Waals surface area (Å²) in [6.45, 7) is 4.00. The van der Waals surface area contributed by atoms with Crippen molar-refractivity contribution in [1.82, 2.24) is 4.98 Å². The minimum absolute atomic E-state index is 0.340. The molecule has 2 rings (SSSR count). The molecule has 17 heavy (non-hydrogen) atoms. The predicted molar refractivity (Wildman–Crippen MR) is 65.6 cm³/mol. The fraction of sp³-hybridized carbons (Fsp3) is 0.143. The number of carbonyl (C=O) groups is 1. The summed E-state index contributed by atoms with van der Waals surface area (Å²) in [7, 11) is 0. The number of carbonyl (C=O) groups excluding carboxylic acids is 1. The largest absolute Gasteiger partial charge is 0.438 e. The molecule has 1 aromatic heterocycles. The molecule has 1 heterocycles. The lowest BCUT2D eigenvalue weighted by Crippen LogP contribution is -1.93. The van der Waals surface area contributed by atoms with E-state index in [1.165, 1.54) is 0 Å². The van der Waals surface area contributed by atoms with Crippen LogP contribution in [0.4, 0.5) is 0 Å². The molecule has 0 atom stereocenters. The highest BCUT2D eigenvalue weighted by Gasteiger charge is 2.05. The first-order valence-corrected chi connectivity index (χ1v) is 5.35. The van der Waals surface area contributed by atoms with Crippen LogP contribution < -0.4 is 4.74 Å². The maximum absolute atomic E-state index is 10.8. The Morgan fingerprint density at radius 1 is 1.18 bits per heavy atom. The highest BCUT2D eigenvalue weighted by molar-refractivity contribution is 5.78. The normalized spacial score (nSPS) is 10.0. The van der Waals surface area contributed by atoms with Gasteiger partial charge in [-0.3, -0.25) is 4.79 Å². The molecule has 0 bridgehead atoms. The third kappa shape index (κ3) is 2.69. The van der Waals surface area contributed by atoms with Gasteiger partial charge in [0, 0.05) is 6.20 Å². The van der Waals surface area contributed by atoms with E-state index in [-0.39, 0.29) is 0 Å². The summed E-state index contributed by atoms with van der Waals surface area (Å²) in [4.78, 5) is 14.9. The Kier molecular flexibility index (Phi) is 3.19. The van der Waals surface area contributed by atoms with E-state index < -0.39 is 0 Å². The number of benzene rings is 1. The van der Waals surface area contributed by atoms with Gasteiger partial charge in [-0.1, -0.05) is 6.07 Å². The van der Waals surface area contributed by atoms with Gasteiger partial charge < -0.3 is 4.74 Å². The van der Waals surface area contributed by atoms with Crippen LogP contribution >= 0.6 is 0 Å². The summed E-state index contributed by atoms with van der Waals surface area (Å²) in [6, 6.07) is 9.27. The molecule has 3 nitrogen and oxygen atoms in total. The molecule has 1 aromatic carbocycles. The van der Waals surface area contributed by atoms with Crippen LogP contribution in [0.2, 0.25) is 0 Å².